The van der Waals surface area contributed by atoms with Gasteiger partial charge in [-0.3, -0.25) is 4.90 Å². The Bertz CT molecular complexity index is 867. The summed E-state index contributed by atoms with van der Waals surface area (Å²) in [6, 6.07) is 1.04. The summed E-state index contributed by atoms with van der Waals surface area (Å²) in [4.78, 5) is 26.6. The number of amides is 1. The molecule has 0 saturated carbocycles. The predicted octanol–water partition coefficient (Wildman–Crippen LogP) is 2.67. The smallest absolute Gasteiger partial charge is 0.411 e. The van der Waals surface area contributed by atoms with E-state index in [9.17, 15) is 14.9 Å². The fraction of sp³-hybridized carbons (Fsp3) is 0.667. The van der Waals surface area contributed by atoms with E-state index >= 15 is 0 Å². The molecule has 1 aliphatic heterocycles. The Morgan fingerprint density at radius 3 is 2.66 bits per heavy atom. The van der Waals surface area contributed by atoms with Crippen molar-refractivity contribution in [2.75, 3.05) is 25.1 Å². The van der Waals surface area contributed by atoms with E-state index in [1.165, 1.54) is 4.90 Å². The van der Waals surface area contributed by atoms with Gasteiger partial charge < -0.3 is 19.9 Å². The second-order valence-electron chi connectivity index (χ2n) is 8.45. The molecule has 176 valence electrons. The van der Waals surface area contributed by atoms with Crippen molar-refractivity contribution in [2.24, 2.45) is 0 Å². The van der Waals surface area contributed by atoms with E-state index in [4.69, 9.17) is 26.2 Å². The molecule has 11 heteroatoms. The number of hydrogen-bond acceptors (Lipinski definition) is 9. The molecule has 10 nitrogen and oxygen atoms in total. The molecule has 1 aliphatic rings. The van der Waals surface area contributed by atoms with E-state index in [-0.39, 0.29) is 42.3 Å². The molecule has 0 spiro atoms. The number of carbonyl (C=O) groups excluding carboxylic acids is 2. The topological polar surface area (TPSA) is 138 Å². The van der Waals surface area contributed by atoms with Crippen LogP contribution in [0.5, 0.6) is 0 Å². The maximum Gasteiger partial charge on any atom is 0.411 e. The predicted molar refractivity (Wildman–Crippen MR) is 117 cm³/mol. The van der Waals surface area contributed by atoms with Crippen LogP contribution in [0.4, 0.5) is 10.6 Å². The standard InChI is InChI=1S/C21H30ClN5O5/c1-5-31-19(29)16-9-8-13(12-27(16)20(30)32-21(2,3)4)24-18-15(11-23)14(7-6-10-28)17(22)25-26-18/h13,16,28H,5-10,12H2,1-4H3,(H,24,26)/t13-,16+/m1/s1. The number of ether oxygens (including phenoxy) is 2. The SMILES string of the molecule is CCOC(=O)[C@@H]1CC[C@@H](Nc2nnc(Cl)c(CCCO)c2C#N)CN1C(=O)OC(C)(C)C. The summed E-state index contributed by atoms with van der Waals surface area (Å²) in [6.45, 7) is 7.27. The zero-order chi connectivity index (χ0) is 23.9. The molecular formula is C21H30ClN5O5. The fourth-order valence-electron chi connectivity index (χ4n) is 3.44. The largest absolute Gasteiger partial charge is 0.464 e. The lowest BCUT2D eigenvalue weighted by atomic mass is 9.98. The van der Waals surface area contributed by atoms with Gasteiger partial charge in [0, 0.05) is 24.8 Å². The van der Waals surface area contributed by atoms with Crippen LogP contribution in [0.1, 0.15) is 58.1 Å². The van der Waals surface area contributed by atoms with Crippen molar-refractivity contribution in [2.45, 2.75) is 71.1 Å². The molecule has 0 aliphatic carbocycles. The highest BCUT2D eigenvalue weighted by molar-refractivity contribution is 6.30. The van der Waals surface area contributed by atoms with Gasteiger partial charge in [-0.2, -0.15) is 5.26 Å². The molecule has 1 amide bonds. The Labute approximate surface area is 192 Å². The van der Waals surface area contributed by atoms with Crippen molar-refractivity contribution in [3.8, 4) is 6.07 Å². The first kappa shape index (κ1) is 25.6. The average molecular weight is 468 g/mol. The van der Waals surface area contributed by atoms with E-state index in [0.29, 0.717) is 31.2 Å². The van der Waals surface area contributed by atoms with Gasteiger partial charge in [-0.05, 0) is 53.4 Å². The van der Waals surface area contributed by atoms with Crippen LogP contribution in [0, 0.1) is 11.3 Å². The molecule has 1 saturated heterocycles. The third-order valence-corrected chi connectivity index (χ3v) is 5.14. The van der Waals surface area contributed by atoms with E-state index in [1.807, 2.05) is 0 Å². The Morgan fingerprint density at radius 2 is 2.06 bits per heavy atom. The number of hydrogen-bond donors (Lipinski definition) is 2. The third-order valence-electron chi connectivity index (χ3n) is 4.83. The number of anilines is 1. The number of halogens is 1. The number of nitrogens with one attached hydrogen (secondary N) is 1. The number of piperidine rings is 1. The minimum absolute atomic E-state index is 0.0466. The van der Waals surface area contributed by atoms with Crippen molar-refractivity contribution in [1.82, 2.24) is 15.1 Å². The quantitative estimate of drug-likeness (QED) is 0.579. The minimum atomic E-state index is -0.755. The van der Waals surface area contributed by atoms with E-state index < -0.39 is 23.7 Å². The van der Waals surface area contributed by atoms with Crippen LogP contribution in [-0.2, 0) is 20.7 Å². The van der Waals surface area contributed by atoms with Gasteiger partial charge in [-0.1, -0.05) is 11.6 Å². The molecule has 0 bridgehead atoms. The van der Waals surface area contributed by atoms with Gasteiger partial charge in [-0.15, -0.1) is 10.2 Å². The lowest BCUT2D eigenvalue weighted by Gasteiger charge is -2.39. The number of esters is 1. The number of carbonyl (C=O) groups is 2. The Balaban J connectivity index is 2.26. The van der Waals surface area contributed by atoms with Crippen molar-refractivity contribution in [1.29, 1.82) is 5.26 Å². The number of rotatable bonds is 7. The van der Waals surface area contributed by atoms with Crippen LogP contribution in [0.3, 0.4) is 0 Å². The van der Waals surface area contributed by atoms with Crippen LogP contribution in [0.2, 0.25) is 5.15 Å². The summed E-state index contributed by atoms with van der Waals surface area (Å²) in [5.41, 5.74) is 0.0215. The molecular weight excluding hydrogens is 438 g/mol. The van der Waals surface area contributed by atoms with Gasteiger partial charge in [0.1, 0.15) is 23.3 Å². The van der Waals surface area contributed by atoms with Gasteiger partial charge in [-0.25, -0.2) is 9.59 Å². The maximum absolute atomic E-state index is 12.8. The van der Waals surface area contributed by atoms with E-state index in [1.54, 1.807) is 27.7 Å². The maximum atomic E-state index is 12.8. The highest BCUT2D eigenvalue weighted by Crippen LogP contribution is 2.27. The van der Waals surface area contributed by atoms with Crippen molar-refractivity contribution in [3.05, 3.63) is 16.3 Å². The normalized spacial score (nSPS) is 18.6. The monoisotopic (exact) mass is 467 g/mol. The molecule has 2 heterocycles. The number of nitriles is 1. The molecule has 0 unspecified atom stereocenters. The van der Waals surface area contributed by atoms with Crippen molar-refractivity contribution in [3.63, 3.8) is 0 Å². The summed E-state index contributed by atoms with van der Waals surface area (Å²) in [5.74, 6) is -0.235. The van der Waals surface area contributed by atoms with Crippen molar-refractivity contribution >= 4 is 29.5 Å². The van der Waals surface area contributed by atoms with Crippen LogP contribution in [0.25, 0.3) is 0 Å². The Hall–Kier alpha value is -2.64. The number of aliphatic hydroxyl groups excluding tert-OH is 1. The zero-order valence-electron chi connectivity index (χ0n) is 18.9. The molecule has 32 heavy (non-hydrogen) atoms. The van der Waals surface area contributed by atoms with Gasteiger partial charge in [0.25, 0.3) is 0 Å². The summed E-state index contributed by atoms with van der Waals surface area (Å²) >= 11 is 6.11. The summed E-state index contributed by atoms with van der Waals surface area (Å²) in [6.07, 6.45) is 1.08. The molecule has 0 radical (unpaired) electrons. The lowest BCUT2D eigenvalue weighted by Crippen LogP contribution is -2.55. The summed E-state index contributed by atoms with van der Waals surface area (Å²) in [7, 11) is 0. The van der Waals surface area contributed by atoms with Gasteiger partial charge in [0.05, 0.1) is 6.61 Å². The Morgan fingerprint density at radius 1 is 1.34 bits per heavy atom. The fourth-order valence-corrected chi connectivity index (χ4v) is 3.67. The van der Waals surface area contributed by atoms with Crippen LogP contribution >= 0.6 is 11.6 Å². The van der Waals surface area contributed by atoms with E-state index in [2.05, 4.69) is 21.6 Å². The molecule has 0 aromatic carbocycles. The first-order valence-corrected chi connectivity index (χ1v) is 11.0. The van der Waals surface area contributed by atoms with Gasteiger partial charge in [0.15, 0.2) is 11.0 Å². The Kier molecular flexibility index (Phi) is 9.04. The van der Waals surface area contributed by atoms with Gasteiger partial charge in [0.2, 0.25) is 0 Å². The van der Waals surface area contributed by atoms with E-state index in [0.717, 1.165) is 0 Å². The molecule has 2 rings (SSSR count). The summed E-state index contributed by atoms with van der Waals surface area (Å²) < 4.78 is 10.6. The zero-order valence-corrected chi connectivity index (χ0v) is 19.6. The lowest BCUT2D eigenvalue weighted by molar-refractivity contribution is -0.150. The first-order chi connectivity index (χ1) is 15.1. The van der Waals surface area contributed by atoms with Gasteiger partial charge >= 0.3 is 12.1 Å². The molecule has 1 aromatic heterocycles. The average Bonchev–Trinajstić information content (AvgIpc) is 2.72. The first-order valence-electron chi connectivity index (χ1n) is 10.6. The second-order valence-corrected chi connectivity index (χ2v) is 8.81. The number of aliphatic hydroxyl groups is 1. The van der Waals surface area contributed by atoms with Crippen molar-refractivity contribution < 1.29 is 24.2 Å². The highest BCUT2D eigenvalue weighted by Gasteiger charge is 2.39. The molecule has 2 N–H and O–H groups in total. The number of aromatic nitrogens is 2. The highest BCUT2D eigenvalue weighted by atomic mass is 35.5. The second kappa shape index (κ2) is 11.3. The van der Waals surface area contributed by atoms with Crippen LogP contribution in [-0.4, -0.2) is 69.7 Å². The number of nitrogens with zero attached hydrogens (tertiary/aromatic N) is 4. The van der Waals surface area contributed by atoms with Crippen LogP contribution in [0.15, 0.2) is 0 Å². The molecule has 1 fully saturated rings. The number of likely N-dealkylation sites (tertiary alicyclic amines) is 1. The molecule has 2 atom stereocenters. The summed E-state index contributed by atoms with van der Waals surface area (Å²) in [5, 5.41) is 30.0. The molecule has 1 aromatic rings. The third kappa shape index (κ3) is 6.68. The minimum Gasteiger partial charge on any atom is -0.464 e. The van der Waals surface area contributed by atoms with Crippen LogP contribution < -0.4 is 5.32 Å².